The van der Waals surface area contributed by atoms with Crippen LogP contribution in [0.4, 0.5) is 0 Å². The topological polar surface area (TPSA) is 120 Å². The van der Waals surface area contributed by atoms with E-state index < -0.39 is 28.1 Å². The lowest BCUT2D eigenvalue weighted by molar-refractivity contribution is 0.0782. The number of nitrogens with one attached hydrogen (secondary N) is 1. The van der Waals surface area contributed by atoms with E-state index in [9.17, 15) is 23.4 Å². The fourth-order valence-electron chi connectivity index (χ4n) is 4.94. The van der Waals surface area contributed by atoms with Crippen LogP contribution in [0.25, 0.3) is 10.2 Å². The molecule has 3 N–H and O–H groups in total. The van der Waals surface area contributed by atoms with Crippen molar-refractivity contribution in [1.29, 1.82) is 0 Å². The molecule has 0 unspecified atom stereocenters. The van der Waals surface area contributed by atoms with Crippen LogP contribution in [0.5, 0.6) is 5.75 Å². The largest absolute Gasteiger partial charge is 0.508 e. The molecule has 0 fully saturated rings. The number of carbonyl (C=O) groups is 1. The number of nitrogens with zero attached hydrogens (tertiary/aromatic N) is 2. The van der Waals surface area contributed by atoms with E-state index >= 15 is 0 Å². The molecule has 5 rings (SSSR count). The number of aromatic hydroxyl groups is 1. The van der Waals surface area contributed by atoms with Crippen LogP contribution in [-0.2, 0) is 22.9 Å². The summed E-state index contributed by atoms with van der Waals surface area (Å²) in [4.78, 5) is 17.5. The second-order valence-corrected chi connectivity index (χ2v) is 13.1. The molecular weight excluding hydrogens is 583 g/mol. The van der Waals surface area contributed by atoms with Crippen molar-refractivity contribution in [1.82, 2.24) is 14.6 Å². The number of aromatic nitrogens is 1. The van der Waals surface area contributed by atoms with Crippen molar-refractivity contribution < 1.29 is 23.4 Å². The van der Waals surface area contributed by atoms with Crippen molar-refractivity contribution >= 4 is 37.5 Å². The predicted molar refractivity (Wildman–Crippen MR) is 169 cm³/mol. The average molecular weight is 616 g/mol. The minimum absolute atomic E-state index is 0.0543. The molecule has 1 amide bonds. The molecular formula is C33H33N3O5S2. The highest BCUT2D eigenvalue weighted by molar-refractivity contribution is 7.89. The zero-order valence-electron chi connectivity index (χ0n) is 23.4. The van der Waals surface area contributed by atoms with Crippen LogP contribution in [0.1, 0.15) is 27.9 Å². The number of aliphatic hydroxyl groups is 1. The Morgan fingerprint density at radius 3 is 2.35 bits per heavy atom. The number of benzene rings is 4. The van der Waals surface area contributed by atoms with E-state index in [1.54, 1.807) is 35.8 Å². The zero-order chi connectivity index (χ0) is 30.2. The monoisotopic (exact) mass is 615 g/mol. The summed E-state index contributed by atoms with van der Waals surface area (Å²) in [7, 11) is -4.01. The average Bonchev–Trinajstić information content (AvgIpc) is 3.49. The number of aliphatic hydroxyl groups excluding tert-OH is 1. The smallest absolute Gasteiger partial charge is 0.251 e. The molecule has 0 aliphatic carbocycles. The second-order valence-electron chi connectivity index (χ2n) is 10.3. The molecule has 0 spiro atoms. The summed E-state index contributed by atoms with van der Waals surface area (Å²) in [6.45, 7) is -0.0523. The van der Waals surface area contributed by atoms with Crippen molar-refractivity contribution in [2.45, 2.75) is 36.3 Å². The molecule has 43 heavy (non-hydrogen) atoms. The van der Waals surface area contributed by atoms with Crippen molar-refractivity contribution in [3.05, 3.63) is 125 Å². The van der Waals surface area contributed by atoms with Gasteiger partial charge in [0, 0.05) is 18.7 Å². The lowest BCUT2D eigenvalue weighted by atomic mass is 10.0. The lowest BCUT2D eigenvalue weighted by Gasteiger charge is -2.30. The standard InChI is InChI=1S/C33H33N3O5S2/c37-27-15-7-14-26(20-27)33(39)35-30(19-25-11-5-2-6-12-25)31(38)22-36(18-8-13-24-9-3-1-4-10-24)43(40,41)28-16-17-29-32(21-28)42-23-34-29/h1-7,9-12,14-17,20-21,23,30-31,37-38H,8,13,18-19,22H2,(H,35,39)/t30-,31+/m0/s1. The van der Waals surface area contributed by atoms with Gasteiger partial charge in [-0.15, -0.1) is 11.3 Å². The minimum Gasteiger partial charge on any atom is -0.508 e. The maximum absolute atomic E-state index is 14.0. The molecule has 2 atom stereocenters. The van der Waals surface area contributed by atoms with E-state index in [0.29, 0.717) is 12.8 Å². The number of hydrogen-bond donors (Lipinski definition) is 3. The van der Waals surface area contributed by atoms with Gasteiger partial charge in [-0.05, 0) is 66.8 Å². The lowest BCUT2D eigenvalue weighted by Crippen LogP contribution is -2.50. The normalized spacial score (nSPS) is 13.2. The summed E-state index contributed by atoms with van der Waals surface area (Å²) < 4.78 is 30.1. The maximum Gasteiger partial charge on any atom is 0.251 e. The number of amides is 1. The molecule has 5 aromatic rings. The molecule has 8 nitrogen and oxygen atoms in total. The van der Waals surface area contributed by atoms with E-state index in [-0.39, 0.29) is 35.7 Å². The Balaban J connectivity index is 1.41. The van der Waals surface area contributed by atoms with Crippen LogP contribution in [0, 0.1) is 0 Å². The Morgan fingerprint density at radius 1 is 0.907 bits per heavy atom. The number of thiazole rings is 1. The summed E-state index contributed by atoms with van der Waals surface area (Å²) in [5, 5.41) is 24.3. The number of hydrogen-bond acceptors (Lipinski definition) is 7. The molecule has 1 aromatic heterocycles. The SMILES string of the molecule is O=C(N[C@@H](Cc1ccccc1)[C@H](O)CN(CCCc1ccccc1)S(=O)(=O)c1ccc2ncsc2c1)c1cccc(O)c1. The third-order valence-corrected chi connectivity index (χ3v) is 9.89. The molecule has 0 aliphatic heterocycles. The van der Waals surface area contributed by atoms with Gasteiger partial charge in [0.15, 0.2) is 0 Å². The molecule has 222 valence electrons. The first-order valence-corrected chi connectivity index (χ1v) is 16.3. The van der Waals surface area contributed by atoms with Gasteiger partial charge in [-0.2, -0.15) is 4.31 Å². The Kier molecular flexibility index (Phi) is 9.83. The zero-order valence-corrected chi connectivity index (χ0v) is 25.0. The molecule has 10 heteroatoms. The van der Waals surface area contributed by atoms with Crippen molar-refractivity contribution in [3.8, 4) is 5.75 Å². The third-order valence-electron chi connectivity index (χ3n) is 7.23. The van der Waals surface area contributed by atoms with Gasteiger partial charge in [0.25, 0.3) is 5.91 Å². The number of sulfonamides is 1. The second kappa shape index (κ2) is 13.9. The molecule has 1 heterocycles. The van der Waals surface area contributed by atoms with Crippen molar-refractivity contribution in [3.63, 3.8) is 0 Å². The summed E-state index contributed by atoms with van der Waals surface area (Å²) in [5.41, 5.74) is 4.59. The third kappa shape index (κ3) is 7.85. The van der Waals surface area contributed by atoms with Gasteiger partial charge in [0.1, 0.15) is 5.75 Å². The van der Waals surface area contributed by atoms with E-state index in [1.165, 1.54) is 27.8 Å². The number of phenols is 1. The molecule has 4 aromatic carbocycles. The van der Waals surface area contributed by atoms with Crippen molar-refractivity contribution in [2.75, 3.05) is 13.1 Å². The molecule has 0 radical (unpaired) electrons. The van der Waals surface area contributed by atoms with E-state index in [0.717, 1.165) is 21.3 Å². The summed E-state index contributed by atoms with van der Waals surface area (Å²) >= 11 is 1.36. The Hall–Kier alpha value is -4.09. The van der Waals surface area contributed by atoms with Gasteiger partial charge in [0.05, 0.1) is 32.8 Å². The highest BCUT2D eigenvalue weighted by Gasteiger charge is 2.31. The number of phenolic OH excluding ortho intramolecular Hbond substituents is 1. The van der Waals surface area contributed by atoms with E-state index in [4.69, 9.17) is 0 Å². The van der Waals surface area contributed by atoms with Crippen molar-refractivity contribution in [2.24, 2.45) is 0 Å². The van der Waals surface area contributed by atoms with Gasteiger partial charge in [-0.3, -0.25) is 4.79 Å². The first-order valence-electron chi connectivity index (χ1n) is 14.0. The number of aryl methyl sites for hydroxylation is 1. The summed E-state index contributed by atoms with van der Waals surface area (Å²) in [6.07, 6.45) is 0.244. The van der Waals surface area contributed by atoms with Gasteiger partial charge in [-0.1, -0.05) is 66.7 Å². The highest BCUT2D eigenvalue weighted by Crippen LogP contribution is 2.25. The van der Waals surface area contributed by atoms with Crippen LogP contribution in [0.3, 0.4) is 0 Å². The maximum atomic E-state index is 14.0. The first-order chi connectivity index (χ1) is 20.8. The minimum atomic E-state index is -4.01. The van der Waals surface area contributed by atoms with Crippen LogP contribution in [0.2, 0.25) is 0 Å². The first kappa shape index (κ1) is 30.4. The van der Waals surface area contributed by atoms with Gasteiger partial charge in [-0.25, -0.2) is 13.4 Å². The van der Waals surface area contributed by atoms with Crippen LogP contribution < -0.4 is 5.32 Å². The molecule has 0 saturated heterocycles. The molecule has 0 saturated carbocycles. The van der Waals surface area contributed by atoms with Crippen LogP contribution in [-0.4, -0.2) is 59.1 Å². The fraction of sp³-hybridized carbons (Fsp3) is 0.212. The summed E-state index contributed by atoms with van der Waals surface area (Å²) in [6, 6.07) is 29.2. The number of rotatable bonds is 13. The highest BCUT2D eigenvalue weighted by atomic mass is 32.2. The number of fused-ring (bicyclic) bond motifs is 1. The molecule has 0 aliphatic rings. The number of carbonyl (C=O) groups excluding carboxylic acids is 1. The Bertz CT molecular complexity index is 1760. The van der Waals surface area contributed by atoms with E-state index in [1.807, 2.05) is 60.7 Å². The summed E-state index contributed by atoms with van der Waals surface area (Å²) in [5.74, 6) is -0.536. The van der Waals surface area contributed by atoms with Crippen LogP contribution in [0.15, 0.2) is 114 Å². The van der Waals surface area contributed by atoms with E-state index in [2.05, 4.69) is 10.3 Å². The Labute approximate surface area is 255 Å². The fourth-order valence-corrected chi connectivity index (χ4v) is 7.26. The quantitative estimate of drug-likeness (QED) is 0.171. The van der Waals surface area contributed by atoms with Gasteiger partial charge in [0.2, 0.25) is 10.0 Å². The van der Waals surface area contributed by atoms with Gasteiger partial charge >= 0.3 is 0 Å². The van der Waals surface area contributed by atoms with Crippen LogP contribution >= 0.6 is 11.3 Å². The Morgan fingerprint density at radius 2 is 1.63 bits per heavy atom. The predicted octanol–water partition coefficient (Wildman–Crippen LogP) is 5.03. The molecule has 0 bridgehead atoms. The van der Waals surface area contributed by atoms with Gasteiger partial charge < -0.3 is 15.5 Å².